The van der Waals surface area contributed by atoms with Gasteiger partial charge in [-0.1, -0.05) is 43.5 Å². The summed E-state index contributed by atoms with van der Waals surface area (Å²) < 4.78 is 2.20. The molecule has 0 spiro atoms. The Morgan fingerprint density at radius 3 is 2.62 bits per heavy atom. The quantitative estimate of drug-likeness (QED) is 0.617. The maximum absolute atomic E-state index is 4.40. The topological polar surface area (TPSA) is 17.3 Å². The van der Waals surface area contributed by atoms with Crippen molar-refractivity contribution in [1.29, 1.82) is 0 Å². The van der Waals surface area contributed by atoms with Crippen LogP contribution in [-0.4, -0.2) is 9.38 Å². The van der Waals surface area contributed by atoms with E-state index in [2.05, 4.69) is 46.8 Å². The average Bonchev–Trinajstić information content (AvgIpc) is 3.08. The third-order valence-electron chi connectivity index (χ3n) is 4.69. The predicted molar refractivity (Wildman–Crippen MR) is 89.1 cm³/mol. The lowest BCUT2D eigenvalue weighted by molar-refractivity contribution is 0.443. The molecule has 2 nitrogen and oxygen atoms in total. The van der Waals surface area contributed by atoms with Crippen LogP contribution in [0.5, 0.6) is 0 Å². The van der Waals surface area contributed by atoms with Crippen molar-refractivity contribution >= 4 is 16.3 Å². The Bertz CT molecular complexity index is 745. The summed E-state index contributed by atoms with van der Waals surface area (Å²) in [5, 5.41) is 0. The first-order chi connectivity index (χ1) is 10.3. The van der Waals surface area contributed by atoms with Gasteiger partial charge in [0, 0.05) is 17.3 Å². The Hall–Kier alpha value is -1.61. The molecule has 0 N–H and O–H groups in total. The fourth-order valence-corrected chi connectivity index (χ4v) is 4.53. The summed E-state index contributed by atoms with van der Waals surface area (Å²) in [6.45, 7) is 2.18. The zero-order valence-corrected chi connectivity index (χ0v) is 13.2. The zero-order chi connectivity index (χ0) is 14.2. The molecular weight excluding hydrogens is 276 g/mol. The first-order valence-electron chi connectivity index (χ1n) is 7.86. The average molecular weight is 296 g/mol. The molecule has 0 atom stereocenters. The number of hydrogen-bond donors (Lipinski definition) is 0. The lowest BCUT2D eigenvalue weighted by atomic mass is 9.84. The van der Waals surface area contributed by atoms with Crippen LogP contribution in [0.25, 0.3) is 16.2 Å². The van der Waals surface area contributed by atoms with Crippen molar-refractivity contribution in [2.24, 2.45) is 0 Å². The van der Waals surface area contributed by atoms with Crippen LogP contribution < -0.4 is 0 Å². The number of rotatable bonds is 2. The van der Waals surface area contributed by atoms with Crippen molar-refractivity contribution in [3.8, 4) is 11.3 Å². The van der Waals surface area contributed by atoms with E-state index in [0.717, 1.165) is 10.9 Å². The second-order valence-electron chi connectivity index (χ2n) is 6.04. The number of nitrogens with zero attached hydrogens (tertiary/aromatic N) is 2. The van der Waals surface area contributed by atoms with E-state index in [1.54, 1.807) is 11.3 Å². The number of hydrogen-bond acceptors (Lipinski definition) is 2. The lowest BCUT2D eigenvalue weighted by Crippen LogP contribution is -2.04. The third-order valence-corrected chi connectivity index (χ3v) is 5.67. The molecular formula is C18H20N2S. The molecule has 0 unspecified atom stereocenters. The van der Waals surface area contributed by atoms with Gasteiger partial charge in [-0.3, -0.25) is 4.40 Å². The van der Waals surface area contributed by atoms with Crippen LogP contribution in [0.15, 0.2) is 36.7 Å². The molecule has 1 aromatic carbocycles. The Morgan fingerprint density at radius 1 is 1.10 bits per heavy atom. The van der Waals surface area contributed by atoms with Gasteiger partial charge in [-0.25, -0.2) is 4.98 Å². The number of imidazole rings is 1. The fraction of sp³-hybridized carbons (Fsp3) is 0.389. The van der Waals surface area contributed by atoms with Crippen LogP contribution in [0.2, 0.25) is 0 Å². The Kier molecular flexibility index (Phi) is 3.30. The van der Waals surface area contributed by atoms with Crippen molar-refractivity contribution < 1.29 is 0 Å². The number of aryl methyl sites for hydroxylation is 1. The second-order valence-corrected chi connectivity index (χ2v) is 7.23. The van der Waals surface area contributed by atoms with E-state index in [4.69, 9.17) is 0 Å². The summed E-state index contributed by atoms with van der Waals surface area (Å²) in [4.78, 5) is 6.82. The van der Waals surface area contributed by atoms with E-state index in [-0.39, 0.29) is 0 Å². The van der Waals surface area contributed by atoms with E-state index in [1.807, 2.05) is 6.20 Å². The lowest BCUT2D eigenvalue weighted by Gasteiger charge is -2.22. The number of benzene rings is 1. The van der Waals surface area contributed by atoms with Gasteiger partial charge in [-0.05, 0) is 36.8 Å². The molecule has 3 aromatic rings. The van der Waals surface area contributed by atoms with Crippen LogP contribution in [0.4, 0.5) is 0 Å². The molecule has 1 saturated carbocycles. The summed E-state index contributed by atoms with van der Waals surface area (Å²) in [6, 6.07) is 9.26. The Balaban J connectivity index is 1.69. The summed E-state index contributed by atoms with van der Waals surface area (Å²) in [7, 11) is 0. The van der Waals surface area contributed by atoms with Gasteiger partial charge < -0.3 is 0 Å². The van der Waals surface area contributed by atoms with Gasteiger partial charge in [0.05, 0.1) is 5.69 Å². The van der Waals surface area contributed by atoms with Crippen LogP contribution in [0, 0.1) is 6.92 Å². The summed E-state index contributed by atoms with van der Waals surface area (Å²) >= 11 is 1.76. The van der Waals surface area contributed by atoms with Gasteiger partial charge in [0.1, 0.15) is 0 Å². The molecule has 1 aliphatic carbocycles. The molecule has 0 aliphatic heterocycles. The second kappa shape index (κ2) is 5.30. The highest BCUT2D eigenvalue weighted by molar-refractivity contribution is 7.17. The van der Waals surface area contributed by atoms with Crippen LogP contribution >= 0.6 is 11.3 Å². The normalized spacial score (nSPS) is 16.6. The Morgan fingerprint density at radius 2 is 1.86 bits per heavy atom. The molecule has 0 bridgehead atoms. The van der Waals surface area contributed by atoms with E-state index in [9.17, 15) is 0 Å². The minimum absolute atomic E-state index is 0.782. The predicted octanol–water partition coefficient (Wildman–Crippen LogP) is 5.42. The van der Waals surface area contributed by atoms with Gasteiger partial charge >= 0.3 is 0 Å². The monoisotopic (exact) mass is 296 g/mol. The van der Waals surface area contributed by atoms with E-state index in [1.165, 1.54) is 53.8 Å². The smallest absolute Gasteiger partial charge is 0.194 e. The van der Waals surface area contributed by atoms with Crippen LogP contribution in [0.3, 0.4) is 0 Å². The van der Waals surface area contributed by atoms with Gasteiger partial charge in [0.15, 0.2) is 4.96 Å². The number of thiazole rings is 1. The summed E-state index contributed by atoms with van der Waals surface area (Å²) in [5.74, 6) is 0.782. The molecule has 4 rings (SSSR count). The standard InChI is InChI=1S/C18H20N2S/c1-13-17(20-12-11-19-18(20)21-13)16-9-7-15(8-10-16)14-5-3-2-4-6-14/h7-12,14H,2-6H2,1H3. The fourth-order valence-electron chi connectivity index (χ4n) is 3.58. The van der Waals surface area contributed by atoms with Gasteiger partial charge in [0.25, 0.3) is 0 Å². The number of fused-ring (bicyclic) bond motifs is 1. The van der Waals surface area contributed by atoms with Crippen molar-refractivity contribution in [3.05, 3.63) is 47.1 Å². The first-order valence-corrected chi connectivity index (χ1v) is 8.67. The van der Waals surface area contributed by atoms with Crippen LogP contribution in [-0.2, 0) is 0 Å². The molecule has 3 heteroatoms. The molecule has 1 aliphatic rings. The van der Waals surface area contributed by atoms with Crippen LogP contribution in [0.1, 0.15) is 48.5 Å². The van der Waals surface area contributed by atoms with Gasteiger partial charge in [0.2, 0.25) is 0 Å². The number of aromatic nitrogens is 2. The highest BCUT2D eigenvalue weighted by Gasteiger charge is 2.16. The first kappa shape index (κ1) is 13.1. The molecule has 21 heavy (non-hydrogen) atoms. The van der Waals surface area contributed by atoms with Crippen molar-refractivity contribution in [1.82, 2.24) is 9.38 Å². The largest absolute Gasteiger partial charge is 0.290 e. The summed E-state index contributed by atoms with van der Waals surface area (Å²) in [6.07, 6.45) is 10.9. The van der Waals surface area contributed by atoms with E-state index >= 15 is 0 Å². The molecule has 0 amide bonds. The SMILES string of the molecule is Cc1sc2nccn2c1-c1ccc(C2CCCCC2)cc1. The molecule has 0 radical (unpaired) electrons. The highest BCUT2D eigenvalue weighted by atomic mass is 32.1. The van der Waals surface area contributed by atoms with Crippen molar-refractivity contribution in [2.45, 2.75) is 44.9 Å². The molecule has 2 aromatic heterocycles. The van der Waals surface area contributed by atoms with E-state index < -0.39 is 0 Å². The summed E-state index contributed by atoms with van der Waals surface area (Å²) in [5.41, 5.74) is 4.12. The minimum atomic E-state index is 0.782. The highest BCUT2D eigenvalue weighted by Crippen LogP contribution is 2.35. The molecule has 1 fully saturated rings. The van der Waals surface area contributed by atoms with Crippen molar-refractivity contribution in [2.75, 3.05) is 0 Å². The van der Waals surface area contributed by atoms with Gasteiger partial charge in [-0.2, -0.15) is 0 Å². The Labute approximate surface area is 129 Å². The molecule has 0 saturated heterocycles. The van der Waals surface area contributed by atoms with E-state index in [0.29, 0.717) is 0 Å². The third kappa shape index (κ3) is 2.30. The van der Waals surface area contributed by atoms with Gasteiger partial charge in [-0.15, -0.1) is 11.3 Å². The maximum Gasteiger partial charge on any atom is 0.194 e. The minimum Gasteiger partial charge on any atom is -0.290 e. The molecule has 2 heterocycles. The molecule has 108 valence electrons. The maximum atomic E-state index is 4.40. The van der Waals surface area contributed by atoms with Crippen molar-refractivity contribution in [3.63, 3.8) is 0 Å². The zero-order valence-electron chi connectivity index (χ0n) is 12.4.